The number of hydrogen-bond acceptors (Lipinski definition) is 6. The number of fused-ring (bicyclic) bond motifs is 1. The maximum atomic E-state index is 13.2. The highest BCUT2D eigenvalue weighted by Crippen LogP contribution is 2.36. The number of ether oxygens (including phenoxy) is 1. The Bertz CT molecular complexity index is 1100. The monoisotopic (exact) mass is 471 g/mol. The first-order valence-corrected chi connectivity index (χ1v) is 10.7. The zero-order valence-electron chi connectivity index (χ0n) is 16.0. The van der Waals surface area contributed by atoms with E-state index in [0.29, 0.717) is 59.0 Å². The quantitative estimate of drug-likeness (QED) is 0.524. The van der Waals surface area contributed by atoms with E-state index in [0.717, 1.165) is 23.9 Å². The number of amides is 1. The van der Waals surface area contributed by atoms with Gasteiger partial charge in [-0.1, -0.05) is 23.4 Å². The van der Waals surface area contributed by atoms with Crippen LogP contribution in [-0.4, -0.2) is 42.9 Å². The van der Waals surface area contributed by atoms with Crippen LogP contribution in [0.5, 0.6) is 0 Å². The van der Waals surface area contributed by atoms with E-state index in [1.54, 1.807) is 23.1 Å². The van der Waals surface area contributed by atoms with Crippen LogP contribution < -0.4 is 10.2 Å². The molecule has 31 heavy (non-hydrogen) atoms. The molecule has 0 saturated carbocycles. The van der Waals surface area contributed by atoms with Crippen LogP contribution in [-0.2, 0) is 15.7 Å². The molecule has 2 heterocycles. The van der Waals surface area contributed by atoms with Crippen molar-refractivity contribution in [3.63, 3.8) is 0 Å². The average Bonchev–Trinajstić information content (AvgIpc) is 3.14. The number of alkyl halides is 3. The van der Waals surface area contributed by atoms with Crippen molar-refractivity contribution in [2.75, 3.05) is 42.3 Å². The van der Waals surface area contributed by atoms with E-state index >= 15 is 0 Å². The van der Waals surface area contributed by atoms with Gasteiger partial charge in [0.1, 0.15) is 5.52 Å². The lowest BCUT2D eigenvalue weighted by Crippen LogP contribution is -2.37. The van der Waals surface area contributed by atoms with Gasteiger partial charge in [-0.05, 0) is 36.4 Å². The molecule has 0 bridgehead atoms. The summed E-state index contributed by atoms with van der Waals surface area (Å²) in [6.45, 7) is 1.68. The van der Waals surface area contributed by atoms with Gasteiger partial charge in [0.25, 0.3) is 5.22 Å². The van der Waals surface area contributed by atoms with Gasteiger partial charge < -0.3 is 19.4 Å². The molecule has 4 rings (SSSR count). The summed E-state index contributed by atoms with van der Waals surface area (Å²) in [5.41, 5.74) is 0.974. The van der Waals surface area contributed by atoms with Crippen molar-refractivity contribution in [3.8, 4) is 0 Å². The van der Waals surface area contributed by atoms with Crippen LogP contribution in [0.4, 0.5) is 24.5 Å². The Morgan fingerprint density at radius 1 is 1.19 bits per heavy atom. The summed E-state index contributed by atoms with van der Waals surface area (Å²) in [5.74, 6) is -0.413. The Morgan fingerprint density at radius 3 is 2.71 bits per heavy atom. The molecule has 2 aromatic carbocycles. The summed E-state index contributed by atoms with van der Waals surface area (Å²) in [4.78, 5) is 18.5. The fourth-order valence-electron chi connectivity index (χ4n) is 3.13. The maximum Gasteiger partial charge on any atom is 0.416 e. The SMILES string of the molecule is O=C(CSc1nc2cc(Cl)ccc2o1)Nc1ccc(C(F)(F)F)cc1N1CCOCC1. The van der Waals surface area contributed by atoms with Gasteiger partial charge in [0.2, 0.25) is 5.91 Å². The van der Waals surface area contributed by atoms with Crippen LogP contribution in [0.15, 0.2) is 46.0 Å². The second kappa shape index (κ2) is 8.97. The minimum Gasteiger partial charge on any atom is -0.431 e. The van der Waals surface area contributed by atoms with Crippen molar-refractivity contribution in [1.82, 2.24) is 4.98 Å². The summed E-state index contributed by atoms with van der Waals surface area (Å²) >= 11 is 7.01. The second-order valence-corrected chi connectivity index (χ2v) is 8.12. The first kappa shape index (κ1) is 21.8. The van der Waals surface area contributed by atoms with Gasteiger partial charge in [-0.3, -0.25) is 4.79 Å². The van der Waals surface area contributed by atoms with Gasteiger partial charge in [-0.2, -0.15) is 13.2 Å². The number of morpholine rings is 1. The molecular formula is C20H17ClF3N3O3S. The van der Waals surface area contributed by atoms with E-state index in [4.69, 9.17) is 20.8 Å². The molecule has 1 N–H and O–H groups in total. The van der Waals surface area contributed by atoms with Gasteiger partial charge >= 0.3 is 6.18 Å². The van der Waals surface area contributed by atoms with Gasteiger partial charge in [-0.25, -0.2) is 4.98 Å². The molecule has 0 spiro atoms. The standard InChI is InChI=1S/C20H17ClF3N3O3S/c21-13-2-4-17-15(10-13)26-19(30-17)31-11-18(28)25-14-3-1-12(20(22,23)24)9-16(14)27-5-7-29-8-6-27/h1-4,9-10H,5-8,11H2,(H,25,28). The summed E-state index contributed by atoms with van der Waals surface area (Å²) in [7, 11) is 0. The lowest BCUT2D eigenvalue weighted by Gasteiger charge is -2.31. The highest BCUT2D eigenvalue weighted by atomic mass is 35.5. The van der Waals surface area contributed by atoms with Crippen molar-refractivity contribution in [2.45, 2.75) is 11.4 Å². The van der Waals surface area contributed by atoms with E-state index in [9.17, 15) is 18.0 Å². The number of hydrogen-bond donors (Lipinski definition) is 1. The fourth-order valence-corrected chi connectivity index (χ4v) is 3.94. The Balaban J connectivity index is 1.48. The van der Waals surface area contributed by atoms with Crippen molar-refractivity contribution in [3.05, 3.63) is 47.0 Å². The Hall–Kier alpha value is -2.43. The number of carbonyl (C=O) groups excluding carboxylic acids is 1. The van der Waals surface area contributed by atoms with Gasteiger partial charge in [0.05, 0.1) is 35.9 Å². The molecule has 0 atom stereocenters. The highest BCUT2D eigenvalue weighted by Gasteiger charge is 2.32. The van der Waals surface area contributed by atoms with Crippen LogP contribution in [0.2, 0.25) is 5.02 Å². The van der Waals surface area contributed by atoms with Gasteiger partial charge in [-0.15, -0.1) is 0 Å². The molecule has 0 radical (unpaired) electrons. The number of benzene rings is 2. The van der Waals surface area contributed by atoms with Crippen LogP contribution in [0.25, 0.3) is 11.1 Å². The molecular weight excluding hydrogens is 455 g/mol. The summed E-state index contributed by atoms with van der Waals surface area (Å²) < 4.78 is 50.4. The van der Waals surface area contributed by atoms with Crippen LogP contribution >= 0.6 is 23.4 Å². The zero-order valence-corrected chi connectivity index (χ0v) is 17.6. The van der Waals surface area contributed by atoms with Crippen LogP contribution in [0, 0.1) is 0 Å². The van der Waals surface area contributed by atoms with Gasteiger partial charge in [0.15, 0.2) is 5.58 Å². The third-order valence-electron chi connectivity index (χ3n) is 4.61. The number of aromatic nitrogens is 1. The van der Waals surface area contributed by atoms with E-state index in [-0.39, 0.29) is 11.7 Å². The molecule has 11 heteroatoms. The molecule has 0 unspecified atom stereocenters. The number of nitrogens with zero attached hydrogens (tertiary/aromatic N) is 2. The summed E-state index contributed by atoms with van der Waals surface area (Å²) in [5, 5.41) is 3.52. The average molecular weight is 472 g/mol. The molecule has 1 aromatic heterocycles. The number of rotatable bonds is 5. The highest BCUT2D eigenvalue weighted by molar-refractivity contribution is 7.99. The number of oxazole rings is 1. The zero-order chi connectivity index (χ0) is 22.0. The molecule has 1 aliphatic rings. The molecule has 0 aliphatic carbocycles. The molecule has 1 fully saturated rings. The number of anilines is 2. The van der Waals surface area contributed by atoms with Crippen LogP contribution in [0.1, 0.15) is 5.56 Å². The smallest absolute Gasteiger partial charge is 0.416 e. The number of carbonyl (C=O) groups is 1. The van der Waals surface area contributed by atoms with Crippen molar-refractivity contribution in [2.24, 2.45) is 0 Å². The van der Waals surface area contributed by atoms with E-state index in [2.05, 4.69) is 10.3 Å². The van der Waals surface area contributed by atoms with Crippen LogP contribution in [0.3, 0.4) is 0 Å². The minimum absolute atomic E-state index is 0.0237. The lowest BCUT2D eigenvalue weighted by molar-refractivity contribution is -0.137. The largest absolute Gasteiger partial charge is 0.431 e. The number of thioether (sulfide) groups is 1. The maximum absolute atomic E-state index is 13.2. The second-order valence-electron chi connectivity index (χ2n) is 6.76. The molecule has 3 aromatic rings. The Labute approximate surface area is 184 Å². The van der Waals surface area contributed by atoms with E-state index in [1.807, 2.05) is 0 Å². The van der Waals surface area contributed by atoms with E-state index < -0.39 is 11.7 Å². The fraction of sp³-hybridized carbons (Fsp3) is 0.300. The third kappa shape index (κ3) is 5.25. The number of nitrogens with one attached hydrogen (secondary N) is 1. The Morgan fingerprint density at radius 2 is 1.97 bits per heavy atom. The molecule has 1 saturated heterocycles. The topological polar surface area (TPSA) is 67.6 Å². The molecule has 6 nitrogen and oxygen atoms in total. The van der Waals surface area contributed by atoms with Gasteiger partial charge in [0, 0.05) is 18.1 Å². The first-order valence-electron chi connectivity index (χ1n) is 9.32. The van der Waals surface area contributed by atoms with E-state index in [1.165, 1.54) is 6.07 Å². The number of halogens is 4. The lowest BCUT2D eigenvalue weighted by atomic mass is 10.1. The minimum atomic E-state index is -4.48. The molecule has 1 aliphatic heterocycles. The predicted octanol–water partition coefficient (Wildman–Crippen LogP) is 5.07. The van der Waals surface area contributed by atoms with Crippen molar-refractivity contribution in [1.29, 1.82) is 0 Å². The van der Waals surface area contributed by atoms with Crippen molar-refractivity contribution < 1.29 is 27.1 Å². The van der Waals surface area contributed by atoms with Crippen molar-refractivity contribution >= 4 is 51.7 Å². The Kier molecular flexibility index (Phi) is 6.31. The molecule has 1 amide bonds. The normalized spacial score (nSPS) is 14.8. The summed E-state index contributed by atoms with van der Waals surface area (Å²) in [6.07, 6.45) is -4.48. The molecule has 164 valence electrons. The summed E-state index contributed by atoms with van der Waals surface area (Å²) in [6, 6.07) is 8.30. The predicted molar refractivity (Wildman–Crippen MR) is 113 cm³/mol. The third-order valence-corrected chi connectivity index (χ3v) is 5.67. The first-order chi connectivity index (χ1) is 14.8.